The molecule has 1 heteroatoms. The van der Waals surface area contributed by atoms with Gasteiger partial charge >= 0.3 is 0 Å². The van der Waals surface area contributed by atoms with E-state index in [-0.39, 0.29) is 6.10 Å². The molecule has 0 spiro atoms. The molecule has 176 valence electrons. The molecule has 4 rings (SSSR count). The fourth-order valence-electron chi connectivity index (χ4n) is 9.21. The average Bonchev–Trinajstić information content (AvgIpc) is 3.00. The molecule has 0 aromatic rings. The van der Waals surface area contributed by atoms with Crippen LogP contribution in [0.3, 0.4) is 0 Å². The number of rotatable bonds is 5. The highest BCUT2D eigenvalue weighted by Gasteiger charge is 2.62. The van der Waals surface area contributed by atoms with Gasteiger partial charge in [-0.15, -0.1) is 0 Å². The van der Waals surface area contributed by atoms with E-state index in [0.717, 1.165) is 18.3 Å². The van der Waals surface area contributed by atoms with Crippen LogP contribution in [-0.4, -0.2) is 11.2 Å². The lowest BCUT2D eigenvalue weighted by atomic mass is 9.45. The molecule has 4 aliphatic rings. The summed E-state index contributed by atoms with van der Waals surface area (Å²) in [5.74, 6) is 3.47. The van der Waals surface area contributed by atoms with Crippen molar-refractivity contribution in [1.82, 2.24) is 0 Å². The maximum Gasteiger partial charge on any atom is 0.0569 e. The number of hydrogen-bond acceptors (Lipinski definition) is 1. The second-order valence-corrected chi connectivity index (χ2v) is 13.2. The number of hydrogen-bond donors (Lipinski definition) is 1. The molecule has 31 heavy (non-hydrogen) atoms. The van der Waals surface area contributed by atoms with Crippen molar-refractivity contribution in [2.24, 2.45) is 45.8 Å². The minimum absolute atomic E-state index is 0.0806. The van der Waals surface area contributed by atoms with E-state index in [4.69, 9.17) is 0 Å². The van der Waals surface area contributed by atoms with E-state index in [1.54, 1.807) is 0 Å². The first-order chi connectivity index (χ1) is 14.5. The molecule has 9 atom stereocenters. The maximum absolute atomic E-state index is 10.6. The van der Waals surface area contributed by atoms with Crippen molar-refractivity contribution < 1.29 is 5.11 Å². The van der Waals surface area contributed by atoms with Crippen LogP contribution >= 0.6 is 0 Å². The Morgan fingerprint density at radius 3 is 2.39 bits per heavy atom. The summed E-state index contributed by atoms with van der Waals surface area (Å²) in [6, 6.07) is 0. The number of aliphatic hydroxyl groups is 1. The van der Waals surface area contributed by atoms with Crippen LogP contribution in [0.5, 0.6) is 0 Å². The largest absolute Gasteiger partial charge is 0.393 e. The molecular weight excluding hydrogens is 376 g/mol. The van der Waals surface area contributed by atoms with Crippen LogP contribution in [0.15, 0.2) is 23.3 Å². The first-order valence-electron chi connectivity index (χ1n) is 13.5. The molecule has 0 radical (unpaired) electrons. The van der Waals surface area contributed by atoms with Gasteiger partial charge in [-0.25, -0.2) is 0 Å². The van der Waals surface area contributed by atoms with Crippen molar-refractivity contribution in [3.63, 3.8) is 0 Å². The van der Waals surface area contributed by atoms with Gasteiger partial charge in [0, 0.05) is 0 Å². The zero-order valence-corrected chi connectivity index (χ0v) is 21.7. The van der Waals surface area contributed by atoms with Gasteiger partial charge in [0.1, 0.15) is 0 Å². The van der Waals surface area contributed by atoms with E-state index >= 15 is 0 Å². The molecule has 9 unspecified atom stereocenters. The summed E-state index contributed by atoms with van der Waals surface area (Å²) in [5, 5.41) is 10.6. The molecule has 0 aliphatic heterocycles. The molecule has 2 saturated carbocycles. The van der Waals surface area contributed by atoms with Gasteiger partial charge in [-0.2, -0.15) is 0 Å². The van der Waals surface area contributed by atoms with Gasteiger partial charge in [-0.3, -0.25) is 0 Å². The monoisotopic (exact) mass is 426 g/mol. The minimum atomic E-state index is -0.0806. The summed E-state index contributed by atoms with van der Waals surface area (Å²) >= 11 is 0. The summed E-state index contributed by atoms with van der Waals surface area (Å²) in [6.45, 7) is 21.5. The third-order valence-corrected chi connectivity index (χ3v) is 12.0. The lowest BCUT2D eigenvalue weighted by Gasteiger charge is -2.60. The summed E-state index contributed by atoms with van der Waals surface area (Å²) in [4.78, 5) is 0. The van der Waals surface area contributed by atoms with E-state index in [1.165, 1.54) is 63.4 Å². The van der Waals surface area contributed by atoms with E-state index in [1.807, 2.05) is 11.1 Å². The summed E-state index contributed by atoms with van der Waals surface area (Å²) in [7, 11) is 0. The van der Waals surface area contributed by atoms with Gasteiger partial charge in [0.25, 0.3) is 0 Å². The molecule has 0 saturated heterocycles. The first-order valence-corrected chi connectivity index (χ1v) is 13.5. The van der Waals surface area contributed by atoms with Gasteiger partial charge in [0.2, 0.25) is 0 Å². The lowest BCUT2D eigenvalue weighted by Crippen LogP contribution is -2.51. The Labute approximate surface area is 193 Å². The highest BCUT2D eigenvalue weighted by atomic mass is 16.3. The molecule has 2 fully saturated rings. The molecule has 0 aromatic carbocycles. The smallest absolute Gasteiger partial charge is 0.0569 e. The Kier molecular flexibility index (Phi) is 6.11. The average molecular weight is 427 g/mol. The predicted octanol–water partition coefficient (Wildman–Crippen LogP) is 8.34. The predicted molar refractivity (Wildman–Crippen MR) is 133 cm³/mol. The third kappa shape index (κ3) is 3.43. The number of aliphatic hydroxyl groups excluding tert-OH is 1. The third-order valence-electron chi connectivity index (χ3n) is 12.0. The highest BCUT2D eigenvalue weighted by Crippen LogP contribution is 2.71. The van der Waals surface area contributed by atoms with Crippen molar-refractivity contribution >= 4 is 0 Å². The normalized spacial score (nSPS) is 46.7. The van der Waals surface area contributed by atoms with Gasteiger partial charge in [-0.1, -0.05) is 64.8 Å². The molecular formula is C30H50O. The van der Waals surface area contributed by atoms with Crippen molar-refractivity contribution in [2.45, 2.75) is 119 Å². The molecule has 1 nitrogen and oxygen atoms in total. The second-order valence-electron chi connectivity index (χ2n) is 13.2. The fourth-order valence-corrected chi connectivity index (χ4v) is 9.21. The fraction of sp³-hybridized carbons (Fsp3) is 0.867. The molecule has 1 N–H and O–H groups in total. The number of allylic oxidation sites excluding steroid dienone is 3. The molecule has 0 amide bonds. The van der Waals surface area contributed by atoms with E-state index in [9.17, 15) is 5.11 Å². The zero-order chi connectivity index (χ0) is 22.8. The summed E-state index contributed by atoms with van der Waals surface area (Å²) in [6.07, 6.45) is 12.9. The maximum atomic E-state index is 10.6. The number of fused-ring (bicyclic) bond motifs is 4. The van der Waals surface area contributed by atoms with Crippen LogP contribution < -0.4 is 0 Å². The van der Waals surface area contributed by atoms with Crippen LogP contribution in [0.1, 0.15) is 113 Å². The van der Waals surface area contributed by atoms with Crippen molar-refractivity contribution in [3.8, 4) is 0 Å². The second kappa shape index (κ2) is 8.03. The van der Waals surface area contributed by atoms with Crippen LogP contribution in [0.2, 0.25) is 0 Å². The Balaban J connectivity index is 1.60. The van der Waals surface area contributed by atoms with Crippen LogP contribution in [0, 0.1) is 45.8 Å². The van der Waals surface area contributed by atoms with Gasteiger partial charge < -0.3 is 5.11 Å². The quantitative estimate of drug-likeness (QED) is 0.438. The first kappa shape index (κ1) is 23.6. The van der Waals surface area contributed by atoms with Crippen molar-refractivity contribution in [3.05, 3.63) is 23.3 Å². The molecule has 0 aromatic heterocycles. The lowest BCUT2D eigenvalue weighted by molar-refractivity contribution is -0.0413. The summed E-state index contributed by atoms with van der Waals surface area (Å²) < 4.78 is 0. The van der Waals surface area contributed by atoms with Crippen LogP contribution in [0.25, 0.3) is 0 Å². The van der Waals surface area contributed by atoms with Gasteiger partial charge in [-0.05, 0) is 117 Å². The van der Waals surface area contributed by atoms with E-state index in [2.05, 4.69) is 55.0 Å². The Morgan fingerprint density at radius 2 is 1.71 bits per heavy atom. The van der Waals surface area contributed by atoms with Crippen LogP contribution in [-0.2, 0) is 0 Å². The topological polar surface area (TPSA) is 20.2 Å². The van der Waals surface area contributed by atoms with E-state index < -0.39 is 0 Å². The molecule has 0 bridgehead atoms. The Morgan fingerprint density at radius 1 is 1.00 bits per heavy atom. The molecule has 0 heterocycles. The highest BCUT2D eigenvalue weighted by molar-refractivity contribution is 5.38. The Bertz CT molecular complexity index is 748. The van der Waals surface area contributed by atoms with Crippen molar-refractivity contribution in [2.75, 3.05) is 0 Å². The summed E-state index contributed by atoms with van der Waals surface area (Å²) in [5.41, 5.74) is 6.28. The SMILES string of the molecule is C=C(C)C(C)CCC(C)C1CCC2(C)C3=C(CCC12C)C1(C)CCC(O)C(C)C1CC3. The van der Waals surface area contributed by atoms with Gasteiger partial charge in [0.15, 0.2) is 0 Å². The molecule has 4 aliphatic carbocycles. The Hall–Kier alpha value is -0.560. The van der Waals surface area contributed by atoms with Crippen molar-refractivity contribution in [1.29, 1.82) is 0 Å². The van der Waals surface area contributed by atoms with E-state index in [0.29, 0.717) is 34.0 Å². The van der Waals surface area contributed by atoms with Crippen LogP contribution in [0.4, 0.5) is 0 Å². The van der Waals surface area contributed by atoms with Gasteiger partial charge in [0.05, 0.1) is 6.10 Å². The standard InChI is InChI=1S/C30H50O/c1-19(2)20(3)9-10-21(4)23-13-17-30(8)26-12-11-24-22(5)27(31)15-16-28(24,6)25(26)14-18-29(23,30)7/h20-24,27,31H,1,9-18H2,2-8H3. The minimum Gasteiger partial charge on any atom is -0.393 e. The zero-order valence-electron chi connectivity index (χ0n) is 21.7.